The predicted molar refractivity (Wildman–Crippen MR) is 81.8 cm³/mol. The van der Waals surface area contributed by atoms with E-state index in [4.69, 9.17) is 4.84 Å². The topological polar surface area (TPSA) is 89.6 Å². The largest absolute Gasteiger partial charge is 0.471 e. The molecule has 0 fully saturated rings. The SMILES string of the molecule is CCON=CCCNC(=O)c1ccc(-c2noc(C(F)(F)F)n2)cc1. The van der Waals surface area contributed by atoms with Crippen LogP contribution in [0.3, 0.4) is 0 Å². The minimum atomic E-state index is -4.70. The molecule has 0 atom stereocenters. The van der Waals surface area contributed by atoms with Gasteiger partial charge in [-0.2, -0.15) is 18.2 Å². The minimum Gasteiger partial charge on any atom is -0.396 e. The number of nitrogens with one attached hydrogen (secondary N) is 1. The zero-order chi connectivity index (χ0) is 18.3. The zero-order valence-corrected chi connectivity index (χ0v) is 13.2. The van der Waals surface area contributed by atoms with Gasteiger partial charge in [0.05, 0.1) is 0 Å². The van der Waals surface area contributed by atoms with Gasteiger partial charge in [0.25, 0.3) is 5.91 Å². The maximum Gasteiger partial charge on any atom is 0.471 e. The number of rotatable bonds is 7. The molecule has 0 spiro atoms. The molecule has 1 heterocycles. The smallest absolute Gasteiger partial charge is 0.396 e. The Kier molecular flexibility index (Phi) is 6.09. The van der Waals surface area contributed by atoms with E-state index in [1.54, 1.807) is 13.1 Å². The fourth-order valence-corrected chi connectivity index (χ4v) is 1.76. The maximum absolute atomic E-state index is 12.4. The molecule has 0 saturated carbocycles. The van der Waals surface area contributed by atoms with E-state index in [9.17, 15) is 18.0 Å². The second kappa shape index (κ2) is 8.27. The van der Waals surface area contributed by atoms with Crippen LogP contribution in [0.15, 0.2) is 33.9 Å². The number of carbonyl (C=O) groups is 1. The molecule has 2 rings (SSSR count). The summed E-state index contributed by atoms with van der Waals surface area (Å²) in [5.41, 5.74) is 0.657. The maximum atomic E-state index is 12.4. The molecule has 0 unspecified atom stereocenters. The van der Waals surface area contributed by atoms with Crippen LogP contribution in [0, 0.1) is 0 Å². The van der Waals surface area contributed by atoms with Crippen LogP contribution in [0.25, 0.3) is 11.4 Å². The van der Waals surface area contributed by atoms with Crippen molar-refractivity contribution >= 4 is 12.1 Å². The van der Waals surface area contributed by atoms with Crippen molar-refractivity contribution in [1.82, 2.24) is 15.5 Å². The summed E-state index contributed by atoms with van der Waals surface area (Å²) in [5, 5.41) is 9.60. The van der Waals surface area contributed by atoms with Gasteiger partial charge in [-0.05, 0) is 19.1 Å². The molecule has 0 aliphatic carbocycles. The van der Waals surface area contributed by atoms with Crippen LogP contribution in [0.1, 0.15) is 29.6 Å². The summed E-state index contributed by atoms with van der Waals surface area (Å²) < 4.78 is 41.5. The Bertz CT molecular complexity index is 726. The number of hydrogen-bond acceptors (Lipinski definition) is 6. The van der Waals surface area contributed by atoms with Crippen LogP contribution in [0.5, 0.6) is 0 Å². The predicted octanol–water partition coefficient (Wildman–Crippen LogP) is 2.90. The normalized spacial score (nSPS) is 11.7. The summed E-state index contributed by atoms with van der Waals surface area (Å²) in [6.07, 6.45) is -2.65. The summed E-state index contributed by atoms with van der Waals surface area (Å²) in [4.78, 5) is 20.0. The first-order chi connectivity index (χ1) is 11.9. The molecule has 0 saturated heterocycles. The molecule has 0 aliphatic heterocycles. The van der Waals surface area contributed by atoms with Gasteiger partial charge in [-0.15, -0.1) is 0 Å². The minimum absolute atomic E-state index is 0.202. The van der Waals surface area contributed by atoms with Gasteiger partial charge in [0, 0.05) is 30.3 Å². The first kappa shape index (κ1) is 18.4. The summed E-state index contributed by atoms with van der Waals surface area (Å²) in [6.45, 7) is 2.65. The molecule has 0 aliphatic rings. The van der Waals surface area contributed by atoms with Crippen molar-refractivity contribution in [3.05, 3.63) is 35.7 Å². The van der Waals surface area contributed by atoms with Crippen molar-refractivity contribution in [2.75, 3.05) is 13.2 Å². The van der Waals surface area contributed by atoms with Crippen molar-refractivity contribution in [2.24, 2.45) is 5.16 Å². The highest BCUT2D eigenvalue weighted by molar-refractivity contribution is 5.94. The Hall–Kier alpha value is -2.91. The van der Waals surface area contributed by atoms with Gasteiger partial charge in [0.1, 0.15) is 6.61 Å². The van der Waals surface area contributed by atoms with Gasteiger partial charge in [-0.1, -0.05) is 22.4 Å². The van der Waals surface area contributed by atoms with Crippen molar-refractivity contribution in [1.29, 1.82) is 0 Å². The zero-order valence-electron chi connectivity index (χ0n) is 13.2. The lowest BCUT2D eigenvalue weighted by Gasteiger charge is -2.03. The standard InChI is InChI=1S/C15H15F3N4O3/c1-2-24-20-9-3-8-19-13(23)11-6-4-10(5-7-11)12-21-14(25-22-12)15(16,17)18/h4-7,9H,2-3,8H2,1H3,(H,19,23). The summed E-state index contributed by atoms with van der Waals surface area (Å²) in [5.74, 6) is -1.94. The number of amides is 1. The molecule has 134 valence electrons. The molecular weight excluding hydrogens is 341 g/mol. The van der Waals surface area contributed by atoms with Crippen LogP contribution >= 0.6 is 0 Å². The van der Waals surface area contributed by atoms with E-state index in [1.165, 1.54) is 24.3 Å². The number of nitrogens with zero attached hydrogens (tertiary/aromatic N) is 3. The van der Waals surface area contributed by atoms with Crippen molar-refractivity contribution in [3.63, 3.8) is 0 Å². The first-order valence-electron chi connectivity index (χ1n) is 7.35. The molecule has 1 amide bonds. The molecule has 1 aromatic heterocycles. The number of benzene rings is 1. The van der Waals surface area contributed by atoms with Gasteiger partial charge in [-0.3, -0.25) is 4.79 Å². The van der Waals surface area contributed by atoms with Gasteiger partial charge in [0.15, 0.2) is 0 Å². The van der Waals surface area contributed by atoms with Crippen LogP contribution < -0.4 is 5.32 Å². The van der Waals surface area contributed by atoms with E-state index in [1.807, 2.05) is 0 Å². The molecular formula is C15H15F3N4O3. The Morgan fingerprint density at radius 3 is 2.68 bits per heavy atom. The highest BCUT2D eigenvalue weighted by Crippen LogP contribution is 2.29. The van der Waals surface area contributed by atoms with Gasteiger partial charge in [-0.25, -0.2) is 0 Å². The lowest BCUT2D eigenvalue weighted by molar-refractivity contribution is -0.159. The quantitative estimate of drug-likeness (QED) is 0.468. The molecule has 1 aromatic carbocycles. The number of oxime groups is 1. The Balaban J connectivity index is 1.93. The average molecular weight is 356 g/mol. The second-order valence-electron chi connectivity index (χ2n) is 4.75. The van der Waals surface area contributed by atoms with E-state index in [-0.39, 0.29) is 11.7 Å². The van der Waals surface area contributed by atoms with Crippen molar-refractivity contribution in [2.45, 2.75) is 19.5 Å². The number of hydrogen-bond donors (Lipinski definition) is 1. The van der Waals surface area contributed by atoms with Crippen molar-refractivity contribution in [3.8, 4) is 11.4 Å². The third kappa shape index (κ3) is 5.30. The molecule has 0 radical (unpaired) electrons. The Labute approximate surface area is 140 Å². The third-order valence-electron chi connectivity index (χ3n) is 2.91. The van der Waals surface area contributed by atoms with Crippen molar-refractivity contribution < 1.29 is 27.3 Å². The highest BCUT2D eigenvalue weighted by atomic mass is 19.4. The van der Waals surface area contributed by atoms with E-state index in [2.05, 4.69) is 25.1 Å². The molecule has 0 bridgehead atoms. The van der Waals surface area contributed by atoms with E-state index < -0.39 is 12.1 Å². The molecule has 7 nitrogen and oxygen atoms in total. The first-order valence-corrected chi connectivity index (χ1v) is 7.35. The molecule has 10 heteroatoms. The van der Waals surface area contributed by atoms with E-state index in [0.29, 0.717) is 30.7 Å². The van der Waals surface area contributed by atoms with Crippen LogP contribution in [0.2, 0.25) is 0 Å². The molecule has 1 N–H and O–H groups in total. The van der Waals surface area contributed by atoms with Crippen LogP contribution in [-0.4, -0.2) is 35.4 Å². The van der Waals surface area contributed by atoms with Crippen LogP contribution in [0.4, 0.5) is 13.2 Å². The number of aromatic nitrogens is 2. The average Bonchev–Trinajstić information content (AvgIpc) is 3.08. The third-order valence-corrected chi connectivity index (χ3v) is 2.91. The highest BCUT2D eigenvalue weighted by Gasteiger charge is 2.38. The molecule has 25 heavy (non-hydrogen) atoms. The summed E-state index contributed by atoms with van der Waals surface area (Å²) >= 11 is 0. The van der Waals surface area contributed by atoms with Gasteiger partial charge >= 0.3 is 12.1 Å². The van der Waals surface area contributed by atoms with Gasteiger partial charge < -0.3 is 14.7 Å². The van der Waals surface area contributed by atoms with Gasteiger partial charge in [0.2, 0.25) is 5.82 Å². The monoisotopic (exact) mass is 356 g/mol. The lowest BCUT2D eigenvalue weighted by Crippen LogP contribution is -2.24. The number of halogens is 3. The van der Waals surface area contributed by atoms with Crippen LogP contribution in [-0.2, 0) is 11.0 Å². The van der Waals surface area contributed by atoms with E-state index in [0.717, 1.165) is 0 Å². The Morgan fingerprint density at radius 1 is 1.36 bits per heavy atom. The number of carbonyl (C=O) groups excluding carboxylic acids is 1. The molecule has 2 aromatic rings. The fourth-order valence-electron chi connectivity index (χ4n) is 1.76. The summed E-state index contributed by atoms with van der Waals surface area (Å²) in [7, 11) is 0. The fraction of sp³-hybridized carbons (Fsp3) is 0.333. The number of alkyl halides is 3. The lowest BCUT2D eigenvalue weighted by atomic mass is 10.1. The second-order valence-corrected chi connectivity index (χ2v) is 4.75. The Morgan fingerprint density at radius 2 is 2.08 bits per heavy atom. The van der Waals surface area contributed by atoms with E-state index >= 15 is 0 Å². The summed E-state index contributed by atoms with van der Waals surface area (Å²) in [6, 6.07) is 5.80.